The highest BCUT2D eigenvalue weighted by Crippen LogP contribution is 2.19. The zero-order valence-electron chi connectivity index (χ0n) is 16.2. The van der Waals surface area contributed by atoms with Gasteiger partial charge in [-0.05, 0) is 43.7 Å². The molecule has 0 fully saturated rings. The van der Waals surface area contributed by atoms with Crippen LogP contribution in [-0.4, -0.2) is 20.4 Å². The number of pyridine rings is 3. The van der Waals surface area contributed by atoms with Crippen LogP contribution in [0.15, 0.2) is 64.6 Å². The Bertz CT molecular complexity index is 1240. The second-order valence-electron chi connectivity index (χ2n) is 6.76. The Morgan fingerprint density at radius 1 is 1.21 bits per heavy atom. The number of furan rings is 1. The summed E-state index contributed by atoms with van der Waals surface area (Å²) in [6, 6.07) is 7.27. The molecule has 4 aromatic rings. The molecule has 0 unspecified atom stereocenters. The minimum atomic E-state index is -0.423. The monoisotopic (exact) mass is 388 g/mol. The fraction of sp³-hybridized carbons (Fsp3) is 0.182. The molecule has 0 aromatic carbocycles. The maximum absolute atomic E-state index is 12.8. The Kier molecular flexibility index (Phi) is 4.95. The van der Waals surface area contributed by atoms with Gasteiger partial charge >= 0.3 is 0 Å². The van der Waals surface area contributed by atoms with Crippen LogP contribution in [0, 0.1) is 6.92 Å². The smallest absolute Gasteiger partial charge is 0.257 e. The summed E-state index contributed by atoms with van der Waals surface area (Å²) < 4.78 is 6.92. The van der Waals surface area contributed by atoms with E-state index >= 15 is 0 Å². The van der Waals surface area contributed by atoms with E-state index in [-0.39, 0.29) is 17.5 Å². The molecular weight excluding hydrogens is 368 g/mol. The summed E-state index contributed by atoms with van der Waals surface area (Å²) in [5.74, 6) is -0.423. The first kappa shape index (κ1) is 18.6. The van der Waals surface area contributed by atoms with Crippen LogP contribution in [0.4, 0.5) is 0 Å². The molecule has 0 spiro atoms. The van der Waals surface area contributed by atoms with Crippen LogP contribution >= 0.6 is 0 Å². The van der Waals surface area contributed by atoms with E-state index in [1.54, 1.807) is 43.2 Å². The molecule has 4 heterocycles. The molecule has 4 aromatic heterocycles. The van der Waals surface area contributed by atoms with E-state index in [0.29, 0.717) is 17.6 Å². The molecule has 0 radical (unpaired) electrons. The molecule has 0 aliphatic rings. The lowest BCUT2D eigenvalue weighted by molar-refractivity contribution is 0.0949. The van der Waals surface area contributed by atoms with Crippen LogP contribution in [0.25, 0.3) is 22.2 Å². The number of hydrogen-bond donors (Lipinski definition) is 1. The molecule has 0 aliphatic heterocycles. The Morgan fingerprint density at radius 3 is 2.83 bits per heavy atom. The highest BCUT2D eigenvalue weighted by atomic mass is 16.3. The van der Waals surface area contributed by atoms with Gasteiger partial charge in [0.1, 0.15) is 11.2 Å². The van der Waals surface area contributed by atoms with Crippen molar-refractivity contribution in [1.82, 2.24) is 19.9 Å². The lowest BCUT2D eigenvalue weighted by atomic mass is 10.1. The highest BCUT2D eigenvalue weighted by Gasteiger charge is 2.16. The molecule has 7 heteroatoms. The largest absolute Gasteiger partial charge is 0.472 e. The van der Waals surface area contributed by atoms with Gasteiger partial charge in [-0.2, -0.15) is 0 Å². The van der Waals surface area contributed by atoms with Gasteiger partial charge in [0.25, 0.3) is 5.91 Å². The number of nitrogens with one attached hydrogen (secondary N) is 1. The maximum atomic E-state index is 12.8. The van der Waals surface area contributed by atoms with Crippen molar-refractivity contribution in [2.24, 2.45) is 0 Å². The number of hydrogen-bond acceptors (Lipinski definition) is 5. The van der Waals surface area contributed by atoms with E-state index in [9.17, 15) is 9.59 Å². The fourth-order valence-electron chi connectivity index (χ4n) is 3.21. The van der Waals surface area contributed by atoms with E-state index in [1.807, 2.05) is 30.5 Å². The molecule has 29 heavy (non-hydrogen) atoms. The number of aryl methyl sites for hydroxylation is 2. The zero-order chi connectivity index (χ0) is 20.4. The molecule has 146 valence electrons. The first-order chi connectivity index (χ1) is 14.1. The third kappa shape index (κ3) is 3.67. The van der Waals surface area contributed by atoms with Crippen molar-refractivity contribution in [2.45, 2.75) is 26.9 Å². The number of carbonyl (C=O) groups excluding carboxylic acids is 1. The van der Waals surface area contributed by atoms with Gasteiger partial charge in [0.05, 0.1) is 17.9 Å². The molecule has 1 N–H and O–H groups in total. The van der Waals surface area contributed by atoms with Crippen molar-refractivity contribution in [3.63, 3.8) is 0 Å². The Balaban J connectivity index is 1.60. The van der Waals surface area contributed by atoms with Crippen molar-refractivity contribution in [2.75, 3.05) is 0 Å². The fourth-order valence-corrected chi connectivity index (χ4v) is 3.21. The number of nitrogens with zero attached hydrogens (tertiary/aromatic N) is 3. The van der Waals surface area contributed by atoms with Gasteiger partial charge in [0.15, 0.2) is 0 Å². The van der Waals surface area contributed by atoms with E-state index in [4.69, 9.17) is 4.42 Å². The number of rotatable bonds is 5. The molecular formula is C22H20N4O3. The summed E-state index contributed by atoms with van der Waals surface area (Å²) in [7, 11) is 0. The van der Waals surface area contributed by atoms with Crippen molar-refractivity contribution in [1.29, 1.82) is 0 Å². The van der Waals surface area contributed by atoms with Gasteiger partial charge in [-0.1, -0.05) is 0 Å². The topological polar surface area (TPSA) is 90.0 Å². The summed E-state index contributed by atoms with van der Waals surface area (Å²) >= 11 is 0. The first-order valence-electron chi connectivity index (χ1n) is 9.32. The molecule has 0 aliphatic carbocycles. The Morgan fingerprint density at radius 2 is 2.07 bits per heavy atom. The van der Waals surface area contributed by atoms with Crippen LogP contribution in [0.3, 0.4) is 0 Å². The van der Waals surface area contributed by atoms with Gasteiger partial charge in [0, 0.05) is 48.5 Å². The molecule has 0 atom stereocenters. The van der Waals surface area contributed by atoms with Crippen LogP contribution in [0.1, 0.15) is 28.5 Å². The van der Waals surface area contributed by atoms with Gasteiger partial charge in [-0.3, -0.25) is 14.6 Å². The standard InChI is InChI=1S/C22H20N4O3/c1-3-26-12-19(20(27)18-5-4-14(2)25-21(18)26)22(28)24-10-15-8-17(11-23-9-15)16-6-7-29-13-16/h4-9,11-13H,3,10H2,1-2H3,(H,24,28). The van der Waals surface area contributed by atoms with E-state index in [1.165, 1.54) is 0 Å². The average Bonchev–Trinajstić information content (AvgIpc) is 3.27. The summed E-state index contributed by atoms with van der Waals surface area (Å²) in [4.78, 5) is 34.3. The molecule has 7 nitrogen and oxygen atoms in total. The van der Waals surface area contributed by atoms with Gasteiger partial charge in [0.2, 0.25) is 5.43 Å². The predicted octanol–water partition coefficient (Wildman–Crippen LogP) is 3.31. The summed E-state index contributed by atoms with van der Waals surface area (Å²) in [6.45, 7) is 4.68. The van der Waals surface area contributed by atoms with Gasteiger partial charge in [-0.15, -0.1) is 0 Å². The van der Waals surface area contributed by atoms with Crippen LogP contribution < -0.4 is 10.7 Å². The number of fused-ring (bicyclic) bond motifs is 1. The van der Waals surface area contributed by atoms with Crippen LogP contribution in [0.5, 0.6) is 0 Å². The quantitative estimate of drug-likeness (QED) is 0.566. The number of amides is 1. The zero-order valence-corrected chi connectivity index (χ0v) is 16.2. The third-order valence-electron chi connectivity index (χ3n) is 4.75. The SMILES string of the molecule is CCn1cc(C(=O)NCc2cncc(-c3ccoc3)c2)c(=O)c2ccc(C)nc21. The van der Waals surface area contributed by atoms with Crippen molar-refractivity contribution in [3.8, 4) is 11.1 Å². The minimum absolute atomic E-state index is 0.101. The van der Waals surface area contributed by atoms with Crippen LogP contribution in [0.2, 0.25) is 0 Å². The molecule has 0 saturated heterocycles. The summed E-state index contributed by atoms with van der Waals surface area (Å²) in [5.41, 5.74) is 3.82. The summed E-state index contributed by atoms with van der Waals surface area (Å²) in [6.07, 6.45) is 8.22. The Hall–Kier alpha value is -3.74. The summed E-state index contributed by atoms with van der Waals surface area (Å²) in [5, 5.41) is 3.26. The van der Waals surface area contributed by atoms with Crippen molar-refractivity contribution >= 4 is 16.9 Å². The van der Waals surface area contributed by atoms with E-state index in [0.717, 1.165) is 22.4 Å². The molecule has 1 amide bonds. The molecule has 0 bridgehead atoms. The Labute approximate surface area is 167 Å². The lowest BCUT2D eigenvalue weighted by Crippen LogP contribution is -2.29. The average molecular weight is 388 g/mol. The highest BCUT2D eigenvalue weighted by molar-refractivity contribution is 5.96. The second-order valence-corrected chi connectivity index (χ2v) is 6.76. The van der Waals surface area contributed by atoms with Gasteiger partial charge in [-0.25, -0.2) is 4.98 Å². The predicted molar refractivity (Wildman–Crippen MR) is 110 cm³/mol. The number of aromatic nitrogens is 3. The lowest BCUT2D eigenvalue weighted by Gasteiger charge is -2.12. The van der Waals surface area contributed by atoms with Crippen molar-refractivity contribution in [3.05, 3.63) is 82.4 Å². The van der Waals surface area contributed by atoms with Crippen LogP contribution in [-0.2, 0) is 13.1 Å². The molecule has 0 saturated carbocycles. The minimum Gasteiger partial charge on any atom is -0.472 e. The third-order valence-corrected chi connectivity index (χ3v) is 4.75. The second kappa shape index (κ2) is 7.71. The number of carbonyl (C=O) groups is 1. The first-order valence-corrected chi connectivity index (χ1v) is 9.32. The normalized spacial score (nSPS) is 11.0. The maximum Gasteiger partial charge on any atom is 0.257 e. The van der Waals surface area contributed by atoms with E-state index in [2.05, 4.69) is 15.3 Å². The van der Waals surface area contributed by atoms with E-state index < -0.39 is 5.91 Å². The van der Waals surface area contributed by atoms with Gasteiger partial charge < -0.3 is 14.3 Å². The van der Waals surface area contributed by atoms with Crippen molar-refractivity contribution < 1.29 is 9.21 Å². The molecule has 4 rings (SSSR count).